The summed E-state index contributed by atoms with van der Waals surface area (Å²) >= 11 is 5.86. The second-order valence-corrected chi connectivity index (χ2v) is 9.67. The lowest BCUT2D eigenvalue weighted by Gasteiger charge is -2.35. The maximum Gasteiger partial charge on any atom is 0.203 e. The molecule has 3 heterocycles. The second-order valence-electron chi connectivity index (χ2n) is 9.30. The van der Waals surface area contributed by atoms with E-state index in [4.69, 9.17) is 17.3 Å². The second kappa shape index (κ2) is 10.3. The van der Waals surface area contributed by atoms with Crippen LogP contribution in [0.2, 0.25) is 0 Å². The lowest BCUT2D eigenvalue weighted by atomic mass is 10.1. The van der Waals surface area contributed by atoms with Crippen LogP contribution in [0.1, 0.15) is 38.9 Å². The van der Waals surface area contributed by atoms with Crippen molar-refractivity contribution in [3.05, 3.63) is 40.7 Å². The van der Waals surface area contributed by atoms with Crippen molar-refractivity contribution in [3.8, 4) is 5.69 Å². The van der Waals surface area contributed by atoms with Crippen molar-refractivity contribution >= 4 is 12.2 Å². The number of likely N-dealkylation sites (tertiary alicyclic amines) is 1. The Balaban J connectivity index is 1.53. The van der Waals surface area contributed by atoms with Crippen LogP contribution >= 0.6 is 12.2 Å². The van der Waals surface area contributed by atoms with Crippen LogP contribution in [0.25, 0.3) is 5.69 Å². The molecular formula is C23H35FN6S. The van der Waals surface area contributed by atoms with Gasteiger partial charge in [-0.3, -0.25) is 14.4 Å². The van der Waals surface area contributed by atoms with Crippen LogP contribution in [-0.2, 0) is 13.2 Å². The van der Waals surface area contributed by atoms with Crippen molar-refractivity contribution < 1.29 is 4.39 Å². The summed E-state index contributed by atoms with van der Waals surface area (Å²) in [6.45, 7) is 13.6. The number of aromatic nitrogens is 3. The maximum absolute atomic E-state index is 13.5. The van der Waals surface area contributed by atoms with Gasteiger partial charge in [-0.15, -0.1) is 0 Å². The van der Waals surface area contributed by atoms with E-state index in [0.717, 1.165) is 63.9 Å². The molecule has 0 unspecified atom stereocenters. The SMILES string of the molecule is CC(C)CN1CCN(Cn2nc(CN3CCCCC3)n(-c3ccc(F)cc3)c2=S)CC1. The van der Waals surface area contributed by atoms with Gasteiger partial charge in [-0.05, 0) is 68.3 Å². The minimum absolute atomic E-state index is 0.237. The van der Waals surface area contributed by atoms with Crippen molar-refractivity contribution in [3.63, 3.8) is 0 Å². The third-order valence-corrected chi connectivity index (χ3v) is 6.62. The standard InChI is InChI=1S/C23H35FN6S/c1-19(2)16-27-12-14-28(15-13-27)18-29-23(31)30(21-8-6-20(24)7-9-21)22(25-29)17-26-10-4-3-5-11-26/h6-9,19H,3-5,10-18H2,1-2H3. The van der Waals surface area contributed by atoms with Crippen LogP contribution in [0.5, 0.6) is 0 Å². The third-order valence-electron chi connectivity index (χ3n) is 6.23. The first-order valence-corrected chi connectivity index (χ1v) is 12.0. The molecule has 1 aromatic carbocycles. The summed E-state index contributed by atoms with van der Waals surface area (Å²) in [7, 11) is 0. The molecule has 170 valence electrons. The molecule has 0 bridgehead atoms. The van der Waals surface area contributed by atoms with Crippen molar-refractivity contribution in [2.45, 2.75) is 46.3 Å². The number of hydrogen-bond donors (Lipinski definition) is 0. The molecule has 0 spiro atoms. The molecule has 0 N–H and O–H groups in total. The fourth-order valence-corrected chi connectivity index (χ4v) is 4.94. The summed E-state index contributed by atoms with van der Waals surface area (Å²) in [6.07, 6.45) is 3.77. The van der Waals surface area contributed by atoms with Gasteiger partial charge in [0.15, 0.2) is 5.82 Å². The summed E-state index contributed by atoms with van der Waals surface area (Å²) in [5.74, 6) is 1.40. The minimum atomic E-state index is -0.237. The third kappa shape index (κ3) is 5.80. The molecule has 4 rings (SSSR count). The number of hydrogen-bond acceptors (Lipinski definition) is 5. The predicted octanol–water partition coefficient (Wildman–Crippen LogP) is 3.76. The minimum Gasteiger partial charge on any atom is -0.301 e. The van der Waals surface area contributed by atoms with Gasteiger partial charge in [0, 0.05) is 38.4 Å². The zero-order valence-corrected chi connectivity index (χ0v) is 19.7. The number of piperazine rings is 1. The van der Waals surface area contributed by atoms with Crippen LogP contribution in [-0.4, -0.2) is 74.9 Å². The molecule has 2 aliphatic rings. The van der Waals surface area contributed by atoms with E-state index >= 15 is 0 Å². The average Bonchev–Trinajstić information content (AvgIpc) is 3.05. The van der Waals surface area contributed by atoms with E-state index in [9.17, 15) is 4.39 Å². The monoisotopic (exact) mass is 446 g/mol. The number of benzene rings is 1. The molecule has 6 nitrogen and oxygen atoms in total. The first-order chi connectivity index (χ1) is 15.0. The smallest absolute Gasteiger partial charge is 0.203 e. The fraction of sp³-hybridized carbons (Fsp3) is 0.652. The van der Waals surface area contributed by atoms with Crippen LogP contribution in [0, 0.1) is 16.5 Å². The van der Waals surface area contributed by atoms with Gasteiger partial charge in [-0.2, -0.15) is 5.10 Å². The van der Waals surface area contributed by atoms with Crippen LogP contribution in [0.3, 0.4) is 0 Å². The highest BCUT2D eigenvalue weighted by atomic mass is 32.1. The van der Waals surface area contributed by atoms with E-state index < -0.39 is 0 Å². The van der Waals surface area contributed by atoms with Gasteiger partial charge < -0.3 is 4.90 Å². The predicted molar refractivity (Wildman–Crippen MR) is 124 cm³/mol. The number of piperidine rings is 1. The Labute approximate surface area is 190 Å². The normalized spacial score (nSPS) is 19.4. The van der Waals surface area contributed by atoms with Gasteiger partial charge in [0.2, 0.25) is 4.77 Å². The number of nitrogens with zero attached hydrogens (tertiary/aromatic N) is 6. The molecule has 1 aromatic heterocycles. The van der Waals surface area contributed by atoms with Gasteiger partial charge in [-0.25, -0.2) is 9.07 Å². The quantitative estimate of drug-likeness (QED) is 0.605. The molecular weight excluding hydrogens is 411 g/mol. The Bertz CT molecular complexity index is 892. The molecule has 0 radical (unpaired) electrons. The van der Waals surface area contributed by atoms with Crippen LogP contribution in [0.15, 0.2) is 24.3 Å². The molecule has 0 aliphatic carbocycles. The summed E-state index contributed by atoms with van der Waals surface area (Å²) in [4.78, 5) is 7.42. The molecule has 0 atom stereocenters. The Kier molecular flexibility index (Phi) is 7.53. The highest BCUT2D eigenvalue weighted by Crippen LogP contribution is 2.18. The fourth-order valence-electron chi connectivity index (χ4n) is 4.63. The first-order valence-electron chi connectivity index (χ1n) is 11.6. The van der Waals surface area contributed by atoms with Gasteiger partial charge in [0.25, 0.3) is 0 Å². The van der Waals surface area contributed by atoms with Crippen molar-refractivity contribution in [1.29, 1.82) is 0 Å². The Morgan fingerprint density at radius 1 is 0.903 bits per heavy atom. The van der Waals surface area contributed by atoms with E-state index in [2.05, 4.69) is 28.5 Å². The van der Waals surface area contributed by atoms with Gasteiger partial charge in [0.05, 0.1) is 13.2 Å². The topological polar surface area (TPSA) is 32.5 Å². The largest absolute Gasteiger partial charge is 0.301 e. The maximum atomic E-state index is 13.5. The molecule has 8 heteroatoms. The zero-order valence-electron chi connectivity index (χ0n) is 18.8. The van der Waals surface area contributed by atoms with Gasteiger partial charge in [-0.1, -0.05) is 20.3 Å². The van der Waals surface area contributed by atoms with Crippen LogP contribution in [0.4, 0.5) is 4.39 Å². The zero-order chi connectivity index (χ0) is 21.8. The highest BCUT2D eigenvalue weighted by molar-refractivity contribution is 7.71. The number of rotatable bonds is 7. The van der Waals surface area contributed by atoms with E-state index in [0.29, 0.717) is 17.4 Å². The summed E-state index contributed by atoms with van der Waals surface area (Å²) in [5, 5.41) is 4.95. The Hall–Kier alpha value is -1.61. The van der Waals surface area contributed by atoms with Crippen molar-refractivity contribution in [1.82, 2.24) is 29.0 Å². The summed E-state index contributed by atoms with van der Waals surface area (Å²) in [6, 6.07) is 6.57. The molecule has 31 heavy (non-hydrogen) atoms. The molecule has 0 amide bonds. The van der Waals surface area contributed by atoms with Crippen molar-refractivity contribution in [2.24, 2.45) is 5.92 Å². The van der Waals surface area contributed by atoms with E-state index in [1.807, 2.05) is 9.25 Å². The lowest BCUT2D eigenvalue weighted by molar-refractivity contribution is 0.0947. The summed E-state index contributed by atoms with van der Waals surface area (Å²) < 4.78 is 18.2. The summed E-state index contributed by atoms with van der Waals surface area (Å²) in [5.41, 5.74) is 0.881. The molecule has 2 saturated heterocycles. The molecule has 0 saturated carbocycles. The van der Waals surface area contributed by atoms with E-state index in [1.54, 1.807) is 12.1 Å². The van der Waals surface area contributed by atoms with E-state index in [-0.39, 0.29) is 5.82 Å². The lowest BCUT2D eigenvalue weighted by Crippen LogP contribution is -2.47. The number of halogens is 1. The molecule has 2 aliphatic heterocycles. The molecule has 2 fully saturated rings. The highest BCUT2D eigenvalue weighted by Gasteiger charge is 2.21. The average molecular weight is 447 g/mol. The Morgan fingerprint density at radius 3 is 2.19 bits per heavy atom. The van der Waals surface area contributed by atoms with Gasteiger partial charge in [0.1, 0.15) is 5.82 Å². The molecule has 2 aromatic rings. The van der Waals surface area contributed by atoms with Crippen molar-refractivity contribution in [2.75, 3.05) is 45.8 Å². The first kappa shape index (κ1) is 22.6. The van der Waals surface area contributed by atoms with Gasteiger partial charge >= 0.3 is 0 Å². The van der Waals surface area contributed by atoms with Crippen LogP contribution < -0.4 is 0 Å². The van der Waals surface area contributed by atoms with E-state index in [1.165, 1.54) is 31.4 Å². The Morgan fingerprint density at radius 2 is 1.55 bits per heavy atom.